The molecule has 0 amide bonds. The van der Waals surface area contributed by atoms with Crippen molar-refractivity contribution >= 4 is 23.2 Å². The zero-order valence-electron chi connectivity index (χ0n) is 14.6. The van der Waals surface area contributed by atoms with Gasteiger partial charge >= 0.3 is 0 Å². The van der Waals surface area contributed by atoms with Crippen LogP contribution < -0.4 is 16.0 Å². The molecule has 1 heterocycles. The van der Waals surface area contributed by atoms with Crippen molar-refractivity contribution in [3.05, 3.63) is 59.4 Å². The number of halogens is 1. The highest BCUT2D eigenvalue weighted by Crippen LogP contribution is 2.05. The second kappa shape index (κ2) is 11.3. The van der Waals surface area contributed by atoms with Gasteiger partial charge in [0.1, 0.15) is 5.15 Å². The highest BCUT2D eigenvalue weighted by molar-refractivity contribution is 6.29. The summed E-state index contributed by atoms with van der Waals surface area (Å²) in [5.41, 5.74) is 2.30. The van der Waals surface area contributed by atoms with E-state index in [2.05, 4.69) is 45.0 Å². The Kier molecular flexibility index (Phi) is 8.63. The summed E-state index contributed by atoms with van der Waals surface area (Å²) in [7, 11) is 0. The molecule has 0 aliphatic heterocycles. The molecule has 0 aliphatic carbocycles. The van der Waals surface area contributed by atoms with Gasteiger partial charge in [-0.3, -0.25) is 4.99 Å². The lowest BCUT2D eigenvalue weighted by atomic mass is 10.2. The molecule has 0 saturated carbocycles. The van der Waals surface area contributed by atoms with E-state index in [-0.39, 0.29) is 0 Å². The number of guanidine groups is 1. The molecular weight excluding hydrogens is 334 g/mol. The molecule has 2 rings (SSSR count). The molecule has 6 heteroatoms. The first-order valence-corrected chi connectivity index (χ1v) is 9.07. The van der Waals surface area contributed by atoms with Gasteiger partial charge < -0.3 is 16.0 Å². The number of aromatic nitrogens is 1. The Balaban J connectivity index is 1.67. The molecule has 0 spiro atoms. The van der Waals surface area contributed by atoms with E-state index in [0.29, 0.717) is 5.15 Å². The van der Waals surface area contributed by atoms with Gasteiger partial charge in [0.2, 0.25) is 0 Å². The summed E-state index contributed by atoms with van der Waals surface area (Å²) in [5.74, 6) is 0.851. The minimum atomic E-state index is 0.524. The van der Waals surface area contributed by atoms with Crippen LogP contribution in [0.4, 0.5) is 5.69 Å². The van der Waals surface area contributed by atoms with Crippen LogP contribution in [0.5, 0.6) is 0 Å². The van der Waals surface area contributed by atoms with Crippen LogP contribution in [0.3, 0.4) is 0 Å². The molecule has 25 heavy (non-hydrogen) atoms. The van der Waals surface area contributed by atoms with Crippen LogP contribution >= 0.6 is 11.6 Å². The number of nitrogens with one attached hydrogen (secondary N) is 3. The number of anilines is 1. The van der Waals surface area contributed by atoms with Crippen LogP contribution in [0.25, 0.3) is 0 Å². The normalized spacial score (nSPS) is 11.2. The maximum Gasteiger partial charge on any atom is 0.191 e. The summed E-state index contributed by atoms with van der Waals surface area (Å²) in [6.07, 6.45) is 3.67. The number of hydrogen-bond donors (Lipinski definition) is 3. The van der Waals surface area contributed by atoms with E-state index in [0.717, 1.165) is 56.2 Å². The number of aliphatic imine (C=N–C) groups is 1. The largest absolute Gasteiger partial charge is 0.385 e. The van der Waals surface area contributed by atoms with Gasteiger partial charge in [0.05, 0.1) is 0 Å². The first-order valence-electron chi connectivity index (χ1n) is 8.69. The Morgan fingerprint density at radius 1 is 1.08 bits per heavy atom. The maximum atomic E-state index is 5.80. The Morgan fingerprint density at radius 2 is 1.92 bits per heavy atom. The summed E-state index contributed by atoms with van der Waals surface area (Å²) in [5, 5.41) is 10.5. The lowest BCUT2D eigenvalue weighted by Gasteiger charge is -2.11. The molecule has 2 aromatic rings. The highest BCUT2D eigenvalue weighted by Gasteiger charge is 1.98. The average molecular weight is 360 g/mol. The fourth-order valence-corrected chi connectivity index (χ4v) is 2.39. The van der Waals surface area contributed by atoms with Gasteiger partial charge in [-0.25, -0.2) is 4.98 Å². The summed E-state index contributed by atoms with van der Waals surface area (Å²) >= 11 is 5.80. The minimum absolute atomic E-state index is 0.524. The Bertz CT molecular complexity index is 628. The van der Waals surface area contributed by atoms with E-state index in [1.54, 1.807) is 0 Å². The second-order valence-corrected chi connectivity index (χ2v) is 5.96. The van der Waals surface area contributed by atoms with Crippen LogP contribution in [0, 0.1) is 0 Å². The quantitative estimate of drug-likeness (QED) is 0.278. The topological polar surface area (TPSA) is 61.3 Å². The van der Waals surface area contributed by atoms with Crippen molar-refractivity contribution in [1.82, 2.24) is 15.6 Å². The van der Waals surface area contributed by atoms with Gasteiger partial charge in [0.15, 0.2) is 5.96 Å². The van der Waals surface area contributed by atoms with Crippen molar-refractivity contribution in [3.63, 3.8) is 0 Å². The molecule has 0 bridgehead atoms. The number of pyridine rings is 1. The molecular formula is C19H26ClN5. The zero-order valence-corrected chi connectivity index (χ0v) is 15.4. The van der Waals surface area contributed by atoms with Crippen LogP contribution in [0.15, 0.2) is 53.7 Å². The summed E-state index contributed by atoms with van der Waals surface area (Å²) in [6, 6.07) is 14.0. The number of nitrogens with zero attached hydrogens (tertiary/aromatic N) is 2. The van der Waals surface area contributed by atoms with Gasteiger partial charge in [-0.1, -0.05) is 35.9 Å². The molecule has 3 N–H and O–H groups in total. The fraction of sp³-hybridized carbons (Fsp3) is 0.368. The van der Waals surface area contributed by atoms with Crippen LogP contribution in [-0.2, 0) is 6.42 Å². The van der Waals surface area contributed by atoms with E-state index in [9.17, 15) is 0 Å². The third kappa shape index (κ3) is 7.90. The minimum Gasteiger partial charge on any atom is -0.385 e. The fourth-order valence-electron chi connectivity index (χ4n) is 2.28. The molecule has 5 nitrogen and oxygen atoms in total. The Morgan fingerprint density at radius 3 is 2.64 bits per heavy atom. The number of para-hydroxylation sites is 1. The van der Waals surface area contributed by atoms with Crippen molar-refractivity contribution in [2.45, 2.75) is 19.8 Å². The van der Waals surface area contributed by atoms with E-state index < -0.39 is 0 Å². The summed E-state index contributed by atoms with van der Waals surface area (Å²) in [6.45, 7) is 5.40. The van der Waals surface area contributed by atoms with Crippen molar-refractivity contribution in [2.75, 3.05) is 31.5 Å². The maximum absolute atomic E-state index is 5.80. The predicted molar refractivity (Wildman–Crippen MR) is 106 cm³/mol. The van der Waals surface area contributed by atoms with Crippen LogP contribution in [0.1, 0.15) is 18.9 Å². The first kappa shape index (κ1) is 19.1. The average Bonchev–Trinajstić information content (AvgIpc) is 2.64. The first-order chi connectivity index (χ1) is 12.3. The number of hydrogen-bond acceptors (Lipinski definition) is 3. The molecule has 0 atom stereocenters. The van der Waals surface area contributed by atoms with Crippen molar-refractivity contribution in [2.24, 2.45) is 4.99 Å². The van der Waals surface area contributed by atoms with Gasteiger partial charge in [-0.05, 0) is 43.5 Å². The summed E-state index contributed by atoms with van der Waals surface area (Å²) in [4.78, 5) is 8.70. The number of rotatable bonds is 9. The molecule has 1 aromatic heterocycles. The predicted octanol–water partition coefficient (Wildman–Crippen LogP) is 3.33. The van der Waals surface area contributed by atoms with Gasteiger partial charge in [0.25, 0.3) is 0 Å². The molecule has 0 saturated heterocycles. The zero-order chi connectivity index (χ0) is 17.7. The van der Waals surface area contributed by atoms with E-state index >= 15 is 0 Å². The standard InChI is InChI=1S/C19H26ClN5/c1-2-21-19(24-14-11-16-9-10-18(20)25-15-16)23-13-6-12-22-17-7-4-3-5-8-17/h3-5,7-10,15,22H,2,6,11-14H2,1H3,(H2,21,23,24). The lowest BCUT2D eigenvalue weighted by molar-refractivity contribution is 0.786. The summed E-state index contributed by atoms with van der Waals surface area (Å²) < 4.78 is 0. The number of benzene rings is 1. The van der Waals surface area contributed by atoms with E-state index in [1.807, 2.05) is 36.5 Å². The lowest BCUT2D eigenvalue weighted by Crippen LogP contribution is -2.38. The molecule has 0 radical (unpaired) electrons. The Hall–Kier alpha value is -2.27. The second-order valence-electron chi connectivity index (χ2n) is 5.57. The molecule has 1 aromatic carbocycles. The Labute approximate surface area is 154 Å². The van der Waals surface area contributed by atoms with E-state index in [4.69, 9.17) is 11.6 Å². The monoisotopic (exact) mass is 359 g/mol. The van der Waals surface area contributed by atoms with Crippen molar-refractivity contribution in [1.29, 1.82) is 0 Å². The highest BCUT2D eigenvalue weighted by atomic mass is 35.5. The smallest absolute Gasteiger partial charge is 0.191 e. The van der Waals surface area contributed by atoms with Gasteiger partial charge in [-0.2, -0.15) is 0 Å². The van der Waals surface area contributed by atoms with Gasteiger partial charge in [0, 0.05) is 38.1 Å². The third-order valence-corrected chi connectivity index (χ3v) is 3.77. The molecule has 0 aliphatic rings. The van der Waals surface area contributed by atoms with Gasteiger partial charge in [-0.15, -0.1) is 0 Å². The van der Waals surface area contributed by atoms with Crippen LogP contribution in [0.2, 0.25) is 5.15 Å². The van der Waals surface area contributed by atoms with E-state index in [1.165, 1.54) is 0 Å². The molecule has 0 fully saturated rings. The molecule has 134 valence electrons. The third-order valence-electron chi connectivity index (χ3n) is 3.55. The van der Waals surface area contributed by atoms with Crippen molar-refractivity contribution < 1.29 is 0 Å². The van der Waals surface area contributed by atoms with Crippen LogP contribution in [-0.4, -0.2) is 37.1 Å². The SMILES string of the molecule is CCNC(=NCCCNc1ccccc1)NCCc1ccc(Cl)nc1. The molecule has 0 unspecified atom stereocenters. The van der Waals surface area contributed by atoms with Crippen molar-refractivity contribution in [3.8, 4) is 0 Å².